The molecule has 1 fully saturated rings. The van der Waals surface area contributed by atoms with Crippen molar-refractivity contribution in [3.05, 3.63) is 35.9 Å². The number of piperidine rings is 1. The normalized spacial score (nSPS) is 16.8. The lowest BCUT2D eigenvalue weighted by Gasteiger charge is -2.33. The summed E-state index contributed by atoms with van der Waals surface area (Å²) < 4.78 is 2.14. The maximum Gasteiger partial charge on any atom is 0.170 e. The predicted molar refractivity (Wildman–Crippen MR) is 136 cm³/mol. The molecule has 8 nitrogen and oxygen atoms in total. The summed E-state index contributed by atoms with van der Waals surface area (Å²) in [4.78, 5) is 15.9. The Bertz CT molecular complexity index is 788. The lowest BCUT2D eigenvalue weighted by molar-refractivity contribution is 0.440. The second-order valence-electron chi connectivity index (χ2n) is 7.73. The number of halogens is 1. The summed E-state index contributed by atoms with van der Waals surface area (Å²) in [6.45, 7) is 5.03. The van der Waals surface area contributed by atoms with Gasteiger partial charge in [-0.1, -0.05) is 0 Å². The quantitative estimate of drug-likeness (QED) is 0.346. The van der Waals surface area contributed by atoms with Crippen LogP contribution in [0.25, 0.3) is 0 Å². The Morgan fingerprint density at radius 1 is 1.27 bits per heavy atom. The van der Waals surface area contributed by atoms with Crippen LogP contribution in [-0.4, -0.2) is 59.7 Å². The third kappa shape index (κ3) is 6.12. The van der Waals surface area contributed by atoms with Gasteiger partial charge in [0.1, 0.15) is 5.82 Å². The number of nitrogens with one attached hydrogen (secondary N) is 1. The van der Waals surface area contributed by atoms with Crippen LogP contribution >= 0.6 is 28.4 Å². The second kappa shape index (κ2) is 11.4. The van der Waals surface area contributed by atoms with Crippen LogP contribution in [-0.2, 0) is 6.42 Å². The van der Waals surface area contributed by atoms with Crippen molar-refractivity contribution in [2.24, 2.45) is 5.73 Å². The monoisotopic (exact) mass is 542 g/mol. The van der Waals surface area contributed by atoms with Crippen molar-refractivity contribution in [3.8, 4) is 0 Å². The van der Waals surface area contributed by atoms with Gasteiger partial charge in [-0.3, -0.25) is 14.7 Å². The van der Waals surface area contributed by atoms with Crippen LogP contribution in [0, 0.1) is 6.92 Å². The molecule has 0 radical (unpaired) electrons. The molecule has 0 amide bonds. The summed E-state index contributed by atoms with van der Waals surface area (Å²) in [7, 11) is 4.05. The minimum absolute atomic E-state index is 0.332. The molecule has 0 aromatic carbocycles. The highest BCUT2D eigenvalue weighted by atomic mass is 127. The maximum atomic E-state index is 5.96. The summed E-state index contributed by atoms with van der Waals surface area (Å²) in [5.41, 5.74) is 9.35. The number of hydrogen-bond donors (Lipinski definition) is 2. The molecule has 1 atom stereocenters. The number of aromatic nitrogens is 3. The molecule has 4 heterocycles. The van der Waals surface area contributed by atoms with Crippen molar-refractivity contribution in [2.45, 2.75) is 38.6 Å². The minimum atomic E-state index is 0.332. The zero-order valence-electron chi connectivity index (χ0n) is 18.0. The maximum absolute atomic E-state index is 5.96. The molecule has 0 saturated carbocycles. The summed E-state index contributed by atoms with van der Waals surface area (Å²) in [6, 6.07) is 4.39. The molecule has 1 unspecified atom stereocenters. The summed E-state index contributed by atoms with van der Waals surface area (Å²) in [6.07, 6.45) is 8.71. The van der Waals surface area contributed by atoms with E-state index in [1.807, 2.05) is 39.5 Å². The van der Waals surface area contributed by atoms with Crippen molar-refractivity contribution in [1.29, 1.82) is 0 Å². The zero-order chi connectivity index (χ0) is 21.5. The number of hydrazine groups is 1. The van der Waals surface area contributed by atoms with Gasteiger partial charge >= 0.3 is 0 Å². The smallest absolute Gasteiger partial charge is 0.170 e. The first kappa shape index (κ1) is 23.4. The third-order valence-corrected chi connectivity index (χ3v) is 7.40. The standard InChI is InChI=1S/C12H22IN6P.C8H10N2/c1-9-12(19(20-13)17(2)3)16-11(8-15-9)18-6-4-10(14)5-7-18;1-3-7-8(9-5-1)4-2-6-10-7/h8,10,20H,4-7,14H2,1-3H3;1,3,5,10H,2,4,6H2. The van der Waals surface area contributed by atoms with Gasteiger partial charge in [0.05, 0.1) is 29.6 Å². The fourth-order valence-electron chi connectivity index (χ4n) is 3.49. The van der Waals surface area contributed by atoms with Gasteiger partial charge in [-0.15, -0.1) is 0 Å². The highest BCUT2D eigenvalue weighted by Crippen LogP contribution is 2.35. The van der Waals surface area contributed by atoms with Crippen LogP contribution in [0.15, 0.2) is 24.5 Å². The topological polar surface area (TPSA) is 86.4 Å². The molecule has 2 aromatic heterocycles. The van der Waals surface area contributed by atoms with E-state index in [0.29, 0.717) is 12.4 Å². The van der Waals surface area contributed by atoms with Crippen LogP contribution in [0.5, 0.6) is 0 Å². The fraction of sp³-hybridized carbons (Fsp3) is 0.550. The molecular weight excluding hydrogens is 510 g/mol. The Morgan fingerprint density at radius 3 is 2.70 bits per heavy atom. The van der Waals surface area contributed by atoms with Crippen molar-refractivity contribution in [2.75, 3.05) is 48.7 Å². The first-order chi connectivity index (χ1) is 14.5. The molecule has 0 aliphatic carbocycles. The Labute approximate surface area is 194 Å². The lowest BCUT2D eigenvalue weighted by Crippen LogP contribution is -2.40. The van der Waals surface area contributed by atoms with Gasteiger partial charge in [-0.2, -0.15) is 0 Å². The number of anilines is 3. The molecule has 0 bridgehead atoms. The molecule has 10 heteroatoms. The van der Waals surface area contributed by atoms with Gasteiger partial charge in [-0.25, -0.2) is 9.99 Å². The number of aryl methyl sites for hydroxylation is 2. The molecule has 2 aliphatic heterocycles. The van der Waals surface area contributed by atoms with E-state index < -0.39 is 0 Å². The average molecular weight is 542 g/mol. The predicted octanol–water partition coefficient (Wildman–Crippen LogP) is 3.38. The van der Waals surface area contributed by atoms with Crippen LogP contribution in [0.2, 0.25) is 0 Å². The van der Waals surface area contributed by atoms with Crippen molar-refractivity contribution in [1.82, 2.24) is 20.0 Å². The van der Waals surface area contributed by atoms with E-state index in [9.17, 15) is 0 Å². The molecule has 1 saturated heterocycles. The Hall–Kier alpha value is -1.29. The van der Waals surface area contributed by atoms with Crippen molar-refractivity contribution < 1.29 is 0 Å². The van der Waals surface area contributed by atoms with E-state index >= 15 is 0 Å². The lowest BCUT2D eigenvalue weighted by atomic mass is 10.1. The number of nitrogens with two attached hydrogens (primary N) is 1. The molecule has 2 aliphatic rings. The Kier molecular flexibility index (Phi) is 8.85. The SMILES string of the molecule is Cc1ncc(N2CCC(N)CC2)nc1N(PI)N(C)C.c1cnc2c(c1)NCCC2. The second-order valence-corrected chi connectivity index (χ2v) is 9.77. The minimum Gasteiger partial charge on any atom is -0.384 e. The number of fused-ring (bicyclic) bond motifs is 1. The van der Waals surface area contributed by atoms with Gasteiger partial charge in [0.15, 0.2) is 5.82 Å². The van der Waals surface area contributed by atoms with E-state index in [0.717, 1.165) is 56.2 Å². The number of nitrogens with zero attached hydrogens (tertiary/aromatic N) is 6. The molecule has 30 heavy (non-hydrogen) atoms. The van der Waals surface area contributed by atoms with Gasteiger partial charge in [-0.05, 0) is 66.8 Å². The van der Waals surface area contributed by atoms with E-state index in [1.54, 1.807) is 0 Å². The molecular formula is C20H32IN8P. The van der Waals surface area contributed by atoms with Crippen LogP contribution in [0.3, 0.4) is 0 Å². The Balaban J connectivity index is 0.000000212. The third-order valence-electron chi connectivity index (χ3n) is 5.26. The van der Waals surface area contributed by atoms with Gasteiger partial charge in [0.2, 0.25) is 0 Å². The summed E-state index contributed by atoms with van der Waals surface area (Å²) in [5, 5.41) is 5.35. The van der Waals surface area contributed by atoms with E-state index in [4.69, 9.17) is 10.7 Å². The van der Waals surface area contributed by atoms with Crippen LogP contribution in [0.1, 0.15) is 30.7 Å². The zero-order valence-corrected chi connectivity index (χ0v) is 21.1. The molecule has 3 N–H and O–H groups in total. The van der Waals surface area contributed by atoms with E-state index in [2.05, 4.69) is 58.1 Å². The summed E-state index contributed by atoms with van der Waals surface area (Å²) >= 11 is 2.37. The van der Waals surface area contributed by atoms with Gasteiger partial charge < -0.3 is 16.0 Å². The molecule has 2 aromatic rings. The highest BCUT2D eigenvalue weighted by Gasteiger charge is 2.20. The molecule has 0 spiro atoms. The first-order valence-electron chi connectivity index (χ1n) is 10.3. The highest BCUT2D eigenvalue weighted by molar-refractivity contribution is 14.2. The summed E-state index contributed by atoms with van der Waals surface area (Å²) in [5.74, 6) is 1.90. The number of hydrogen-bond acceptors (Lipinski definition) is 8. The van der Waals surface area contributed by atoms with Crippen LogP contribution < -0.4 is 20.7 Å². The van der Waals surface area contributed by atoms with Crippen molar-refractivity contribution >= 4 is 45.7 Å². The van der Waals surface area contributed by atoms with Crippen LogP contribution in [0.4, 0.5) is 17.3 Å². The van der Waals surface area contributed by atoms with Gasteiger partial charge in [0, 0.05) is 46.0 Å². The number of rotatable bonds is 4. The van der Waals surface area contributed by atoms with Gasteiger partial charge in [0.25, 0.3) is 0 Å². The van der Waals surface area contributed by atoms with E-state index in [1.165, 1.54) is 17.8 Å². The largest absolute Gasteiger partial charge is 0.384 e. The molecule has 4 rings (SSSR count). The fourth-order valence-corrected chi connectivity index (χ4v) is 5.92. The Morgan fingerprint density at radius 2 is 2.03 bits per heavy atom. The number of pyridine rings is 1. The average Bonchev–Trinajstić information content (AvgIpc) is 2.76. The van der Waals surface area contributed by atoms with Crippen molar-refractivity contribution in [3.63, 3.8) is 0 Å². The first-order valence-corrected chi connectivity index (χ1v) is 14.4. The van der Waals surface area contributed by atoms with E-state index in [-0.39, 0.29) is 0 Å². The molecule has 164 valence electrons.